The van der Waals surface area contributed by atoms with Crippen LogP contribution in [0.1, 0.15) is 22.3 Å². The molecular weight excluding hydrogens is 337 g/mol. The molecule has 0 atom stereocenters. The van der Waals surface area contributed by atoms with Crippen LogP contribution in [0.25, 0.3) is 0 Å². The van der Waals surface area contributed by atoms with Gasteiger partial charge in [-0.1, -0.05) is 6.07 Å². The summed E-state index contributed by atoms with van der Waals surface area (Å²) in [4.78, 5) is 14.7. The summed E-state index contributed by atoms with van der Waals surface area (Å²) in [5.74, 6) is 0.0452. The van der Waals surface area contributed by atoms with E-state index in [-0.39, 0.29) is 30.7 Å². The van der Waals surface area contributed by atoms with Crippen molar-refractivity contribution in [2.75, 3.05) is 51.3 Å². The topological polar surface area (TPSA) is 53.6 Å². The number of hydrogen-bond donors (Lipinski definition) is 2. The van der Waals surface area contributed by atoms with Crippen molar-refractivity contribution in [1.29, 1.82) is 0 Å². The first-order chi connectivity index (χ1) is 10.3. The molecule has 2 heterocycles. The van der Waals surface area contributed by atoms with E-state index < -0.39 is 0 Å². The van der Waals surface area contributed by atoms with Crippen LogP contribution >= 0.6 is 24.8 Å². The highest BCUT2D eigenvalue weighted by Gasteiger charge is 2.17. The number of fused-ring (bicyclic) bond motifs is 1. The zero-order valence-electron chi connectivity index (χ0n) is 13.2. The molecule has 5 nitrogen and oxygen atoms in total. The second kappa shape index (κ2) is 9.98. The Morgan fingerprint density at radius 3 is 2.83 bits per heavy atom. The molecule has 2 N–H and O–H groups in total. The van der Waals surface area contributed by atoms with Gasteiger partial charge in [-0.15, -0.1) is 24.8 Å². The Morgan fingerprint density at radius 2 is 2.04 bits per heavy atom. The average Bonchev–Trinajstić information content (AvgIpc) is 2.55. The molecule has 0 bridgehead atoms. The monoisotopic (exact) mass is 361 g/mol. The fourth-order valence-electron chi connectivity index (χ4n) is 2.97. The van der Waals surface area contributed by atoms with Gasteiger partial charge < -0.3 is 15.4 Å². The van der Waals surface area contributed by atoms with Crippen LogP contribution in [0.2, 0.25) is 0 Å². The summed E-state index contributed by atoms with van der Waals surface area (Å²) in [6, 6.07) is 5.93. The average molecular weight is 362 g/mol. The van der Waals surface area contributed by atoms with Crippen molar-refractivity contribution in [2.45, 2.75) is 12.8 Å². The third-order valence-electron chi connectivity index (χ3n) is 4.16. The number of carbonyl (C=O) groups excluding carboxylic acids is 1. The highest BCUT2D eigenvalue weighted by atomic mass is 35.5. The second-order valence-corrected chi connectivity index (χ2v) is 5.57. The lowest BCUT2D eigenvalue weighted by molar-refractivity contribution is 0.0383. The molecule has 2 aliphatic rings. The number of nitrogens with zero attached hydrogens (tertiary/aromatic N) is 1. The lowest BCUT2D eigenvalue weighted by atomic mass is 9.97. The van der Waals surface area contributed by atoms with Crippen LogP contribution in [0.15, 0.2) is 18.2 Å². The van der Waals surface area contributed by atoms with Gasteiger partial charge in [-0.2, -0.15) is 0 Å². The Bertz CT molecular complexity index is 508. The Kier molecular flexibility index (Phi) is 8.69. The van der Waals surface area contributed by atoms with Crippen molar-refractivity contribution in [3.8, 4) is 0 Å². The Hall–Kier alpha value is -1.01. The molecule has 0 radical (unpaired) electrons. The smallest absolute Gasteiger partial charge is 0.251 e. The number of morpholine rings is 1. The highest BCUT2D eigenvalue weighted by Crippen LogP contribution is 2.25. The quantitative estimate of drug-likeness (QED) is 0.860. The van der Waals surface area contributed by atoms with E-state index in [4.69, 9.17) is 4.74 Å². The molecule has 0 spiro atoms. The van der Waals surface area contributed by atoms with Gasteiger partial charge in [0.1, 0.15) is 0 Å². The van der Waals surface area contributed by atoms with E-state index in [9.17, 15) is 4.79 Å². The van der Waals surface area contributed by atoms with Gasteiger partial charge in [-0.3, -0.25) is 9.69 Å². The van der Waals surface area contributed by atoms with Crippen LogP contribution < -0.4 is 10.6 Å². The summed E-state index contributed by atoms with van der Waals surface area (Å²) < 4.78 is 5.32. The first-order valence-electron chi connectivity index (χ1n) is 7.78. The number of benzene rings is 1. The van der Waals surface area contributed by atoms with Crippen LogP contribution in [0, 0.1) is 0 Å². The SMILES string of the molecule is Cl.Cl.O=C(NCCN1CCOCC1)c1cccc2c1CCCN2. The number of ether oxygens (including phenoxy) is 1. The Labute approximate surface area is 150 Å². The summed E-state index contributed by atoms with van der Waals surface area (Å²) in [6.07, 6.45) is 2.07. The molecule has 23 heavy (non-hydrogen) atoms. The summed E-state index contributed by atoms with van der Waals surface area (Å²) in [7, 11) is 0. The highest BCUT2D eigenvalue weighted by molar-refractivity contribution is 5.97. The van der Waals surface area contributed by atoms with Gasteiger partial charge in [-0.25, -0.2) is 0 Å². The number of hydrogen-bond acceptors (Lipinski definition) is 4. The molecular formula is C16H25Cl2N3O2. The van der Waals surface area contributed by atoms with Gasteiger partial charge in [-0.05, 0) is 30.5 Å². The van der Waals surface area contributed by atoms with Crippen LogP contribution in [0.4, 0.5) is 5.69 Å². The molecule has 2 aliphatic heterocycles. The van der Waals surface area contributed by atoms with Crippen molar-refractivity contribution in [2.24, 2.45) is 0 Å². The molecule has 7 heteroatoms. The molecule has 130 valence electrons. The number of anilines is 1. The largest absolute Gasteiger partial charge is 0.385 e. The standard InChI is InChI=1S/C16H23N3O2.2ClH/c20-16(18-7-8-19-9-11-21-12-10-19)14-3-1-5-15-13(14)4-2-6-17-15;;/h1,3,5,17H,2,4,6-12H2,(H,18,20);2*1H. The molecule has 0 aliphatic carbocycles. The van der Waals surface area contributed by atoms with Gasteiger partial charge >= 0.3 is 0 Å². The van der Waals surface area contributed by atoms with Crippen molar-refractivity contribution in [1.82, 2.24) is 10.2 Å². The molecule has 0 aromatic heterocycles. The zero-order valence-corrected chi connectivity index (χ0v) is 14.8. The predicted molar refractivity (Wildman–Crippen MR) is 97.3 cm³/mol. The maximum atomic E-state index is 12.4. The van der Waals surface area contributed by atoms with E-state index in [1.807, 2.05) is 12.1 Å². The Morgan fingerprint density at radius 1 is 1.26 bits per heavy atom. The molecule has 3 rings (SSSR count). The van der Waals surface area contributed by atoms with E-state index in [1.54, 1.807) is 0 Å². The minimum absolute atomic E-state index is 0. The summed E-state index contributed by atoms with van der Waals surface area (Å²) in [5, 5.41) is 6.41. The summed E-state index contributed by atoms with van der Waals surface area (Å²) >= 11 is 0. The second-order valence-electron chi connectivity index (χ2n) is 5.57. The number of halogens is 2. The van der Waals surface area contributed by atoms with Gasteiger partial charge in [0.25, 0.3) is 5.91 Å². The van der Waals surface area contributed by atoms with Crippen LogP contribution in [0.5, 0.6) is 0 Å². The maximum absolute atomic E-state index is 12.4. The van der Waals surface area contributed by atoms with Gasteiger partial charge in [0.15, 0.2) is 0 Å². The van der Waals surface area contributed by atoms with Crippen LogP contribution in [-0.4, -0.2) is 56.7 Å². The third-order valence-corrected chi connectivity index (χ3v) is 4.16. The molecule has 1 saturated heterocycles. The minimum atomic E-state index is 0. The van der Waals surface area contributed by atoms with E-state index >= 15 is 0 Å². The minimum Gasteiger partial charge on any atom is -0.385 e. The van der Waals surface area contributed by atoms with E-state index in [1.165, 1.54) is 0 Å². The zero-order chi connectivity index (χ0) is 14.5. The first kappa shape index (κ1) is 20.0. The van der Waals surface area contributed by atoms with Crippen molar-refractivity contribution in [3.05, 3.63) is 29.3 Å². The van der Waals surface area contributed by atoms with Gasteiger partial charge in [0.2, 0.25) is 0 Å². The number of amides is 1. The lowest BCUT2D eigenvalue weighted by Gasteiger charge is -2.26. The van der Waals surface area contributed by atoms with E-state index in [2.05, 4.69) is 21.6 Å². The summed E-state index contributed by atoms with van der Waals surface area (Å²) in [5.41, 5.74) is 3.09. The van der Waals surface area contributed by atoms with Crippen LogP contribution in [0.3, 0.4) is 0 Å². The normalized spacial score (nSPS) is 17.0. The number of carbonyl (C=O) groups is 1. The van der Waals surface area contributed by atoms with Crippen molar-refractivity contribution >= 4 is 36.4 Å². The number of nitrogens with one attached hydrogen (secondary N) is 2. The van der Waals surface area contributed by atoms with Gasteiger partial charge in [0.05, 0.1) is 13.2 Å². The van der Waals surface area contributed by atoms with Crippen molar-refractivity contribution in [3.63, 3.8) is 0 Å². The Balaban J connectivity index is 0.00000132. The summed E-state index contributed by atoms with van der Waals surface area (Å²) in [6.45, 7) is 6.09. The predicted octanol–water partition coefficient (Wildman–Crippen LogP) is 1.95. The van der Waals surface area contributed by atoms with E-state index in [0.29, 0.717) is 6.54 Å². The molecule has 1 amide bonds. The molecule has 1 aromatic carbocycles. The molecule has 0 unspecified atom stereocenters. The van der Waals surface area contributed by atoms with Crippen molar-refractivity contribution < 1.29 is 9.53 Å². The first-order valence-corrected chi connectivity index (χ1v) is 7.78. The lowest BCUT2D eigenvalue weighted by Crippen LogP contribution is -2.41. The molecule has 0 saturated carbocycles. The maximum Gasteiger partial charge on any atom is 0.251 e. The van der Waals surface area contributed by atoms with E-state index in [0.717, 1.165) is 69.0 Å². The van der Waals surface area contributed by atoms with Gasteiger partial charge in [0, 0.05) is 44.0 Å². The number of rotatable bonds is 4. The molecule has 1 aromatic rings. The fraction of sp³-hybridized carbons (Fsp3) is 0.562. The van der Waals surface area contributed by atoms with Crippen LogP contribution in [-0.2, 0) is 11.2 Å². The molecule has 1 fully saturated rings. The fourth-order valence-corrected chi connectivity index (χ4v) is 2.97. The third kappa shape index (κ3) is 5.24.